The molecular formula is C18H13N5S2. The Labute approximate surface area is 152 Å². The SMILES string of the molecule is C=NC(=NC)c1cc2ccc(-c3cnc(-c4cccnc4)s3)nc2s1. The van der Waals surface area contributed by atoms with Crippen molar-refractivity contribution in [2.45, 2.75) is 0 Å². The summed E-state index contributed by atoms with van der Waals surface area (Å²) in [5.41, 5.74) is 1.93. The van der Waals surface area contributed by atoms with Crippen molar-refractivity contribution in [2.75, 3.05) is 7.05 Å². The number of nitrogens with zero attached hydrogens (tertiary/aromatic N) is 5. The summed E-state index contributed by atoms with van der Waals surface area (Å²) in [5, 5.41) is 2.01. The quantitative estimate of drug-likeness (QED) is 0.396. The van der Waals surface area contributed by atoms with Gasteiger partial charge >= 0.3 is 0 Å². The summed E-state index contributed by atoms with van der Waals surface area (Å²) in [6.45, 7) is 3.57. The van der Waals surface area contributed by atoms with Gasteiger partial charge in [0.05, 0.1) is 15.4 Å². The molecule has 0 unspecified atom stereocenters. The molecule has 4 aromatic rings. The molecule has 0 bridgehead atoms. The number of thiazole rings is 1. The van der Waals surface area contributed by atoms with E-state index in [4.69, 9.17) is 4.98 Å². The molecule has 0 saturated carbocycles. The predicted molar refractivity (Wildman–Crippen MR) is 106 cm³/mol. The lowest BCUT2D eigenvalue weighted by Gasteiger charge is -1.96. The van der Waals surface area contributed by atoms with Gasteiger partial charge in [-0.2, -0.15) is 0 Å². The molecule has 0 radical (unpaired) electrons. The highest BCUT2D eigenvalue weighted by Crippen LogP contribution is 2.33. The van der Waals surface area contributed by atoms with Crippen LogP contribution in [0.2, 0.25) is 0 Å². The Hall–Kier alpha value is -2.77. The molecule has 4 heterocycles. The van der Waals surface area contributed by atoms with Crippen LogP contribution in [0.1, 0.15) is 4.88 Å². The van der Waals surface area contributed by atoms with Crippen molar-refractivity contribution in [3.05, 3.63) is 53.8 Å². The van der Waals surface area contributed by atoms with Crippen molar-refractivity contribution < 1.29 is 0 Å². The summed E-state index contributed by atoms with van der Waals surface area (Å²) in [6, 6.07) is 10.0. The standard InChI is InChI=1S/C18H13N5S2/c1-19-16(20-2)14-8-11-5-6-13(23-18(11)24-14)15-10-22-17(25-15)12-4-3-7-21-9-12/h3-10H,1H2,2H3. The van der Waals surface area contributed by atoms with Crippen LogP contribution < -0.4 is 0 Å². The first-order valence-corrected chi connectivity index (χ1v) is 9.13. The lowest BCUT2D eigenvalue weighted by Crippen LogP contribution is -1.90. The van der Waals surface area contributed by atoms with E-state index < -0.39 is 0 Å². The summed E-state index contributed by atoms with van der Waals surface area (Å²) in [7, 11) is 1.71. The molecule has 7 heteroatoms. The van der Waals surface area contributed by atoms with Gasteiger partial charge in [0.2, 0.25) is 0 Å². The molecule has 0 spiro atoms. The zero-order valence-corrected chi connectivity index (χ0v) is 15.0. The molecule has 0 aromatic carbocycles. The first-order chi connectivity index (χ1) is 12.3. The van der Waals surface area contributed by atoms with Gasteiger partial charge in [-0.1, -0.05) is 0 Å². The Kier molecular flexibility index (Phi) is 4.17. The molecule has 0 amide bonds. The van der Waals surface area contributed by atoms with Gasteiger partial charge in [-0.05, 0) is 37.0 Å². The van der Waals surface area contributed by atoms with Gasteiger partial charge in [-0.25, -0.2) is 15.0 Å². The molecule has 4 aromatic heterocycles. The molecule has 0 atom stereocenters. The number of hydrogen-bond donors (Lipinski definition) is 0. The Morgan fingerprint density at radius 1 is 1.16 bits per heavy atom. The summed E-state index contributed by atoms with van der Waals surface area (Å²) < 4.78 is 0. The first kappa shape index (κ1) is 15.7. The number of aliphatic imine (C=N–C) groups is 2. The van der Waals surface area contributed by atoms with Crippen LogP contribution in [0.25, 0.3) is 31.4 Å². The van der Waals surface area contributed by atoms with Gasteiger partial charge in [-0.3, -0.25) is 9.98 Å². The first-order valence-electron chi connectivity index (χ1n) is 7.49. The van der Waals surface area contributed by atoms with Crippen molar-refractivity contribution in [3.8, 4) is 21.1 Å². The van der Waals surface area contributed by atoms with Gasteiger partial charge in [0.25, 0.3) is 0 Å². The maximum absolute atomic E-state index is 4.78. The fraction of sp³-hybridized carbons (Fsp3) is 0.0556. The molecule has 0 N–H and O–H groups in total. The number of amidine groups is 1. The maximum atomic E-state index is 4.78. The lowest BCUT2D eigenvalue weighted by molar-refractivity contribution is 1.31. The van der Waals surface area contributed by atoms with Crippen LogP contribution in [-0.2, 0) is 0 Å². The van der Waals surface area contributed by atoms with E-state index in [9.17, 15) is 0 Å². The van der Waals surface area contributed by atoms with E-state index in [1.807, 2.05) is 36.7 Å². The largest absolute Gasteiger partial charge is 0.269 e. The Morgan fingerprint density at radius 3 is 2.84 bits per heavy atom. The zero-order chi connectivity index (χ0) is 17.2. The molecule has 25 heavy (non-hydrogen) atoms. The second kappa shape index (κ2) is 6.62. The van der Waals surface area contributed by atoms with Crippen LogP contribution in [0.4, 0.5) is 0 Å². The van der Waals surface area contributed by atoms with E-state index in [0.717, 1.165) is 36.2 Å². The predicted octanol–water partition coefficient (Wildman–Crippen LogP) is 4.56. The average molecular weight is 363 g/mol. The monoisotopic (exact) mass is 363 g/mol. The second-order valence-electron chi connectivity index (χ2n) is 5.18. The number of aromatic nitrogens is 3. The highest BCUT2D eigenvalue weighted by molar-refractivity contribution is 7.20. The number of hydrogen-bond acceptors (Lipinski definition) is 6. The molecule has 0 aliphatic rings. The third-order valence-electron chi connectivity index (χ3n) is 3.63. The van der Waals surface area contributed by atoms with Crippen molar-refractivity contribution in [1.29, 1.82) is 0 Å². The van der Waals surface area contributed by atoms with Crippen LogP contribution in [-0.4, -0.2) is 34.6 Å². The molecule has 5 nitrogen and oxygen atoms in total. The minimum Gasteiger partial charge on any atom is -0.269 e. The molecule has 0 fully saturated rings. The lowest BCUT2D eigenvalue weighted by atomic mass is 10.2. The fourth-order valence-corrected chi connectivity index (χ4v) is 4.35. The Balaban J connectivity index is 1.73. The molecule has 0 aliphatic heterocycles. The number of fused-ring (bicyclic) bond motifs is 1. The van der Waals surface area contributed by atoms with E-state index in [-0.39, 0.29) is 0 Å². The highest BCUT2D eigenvalue weighted by atomic mass is 32.1. The van der Waals surface area contributed by atoms with Crippen molar-refractivity contribution in [2.24, 2.45) is 9.98 Å². The smallest absolute Gasteiger partial charge is 0.164 e. The number of pyridine rings is 2. The third-order valence-corrected chi connectivity index (χ3v) is 5.74. The van der Waals surface area contributed by atoms with Gasteiger partial charge in [0.1, 0.15) is 9.84 Å². The van der Waals surface area contributed by atoms with Gasteiger partial charge < -0.3 is 0 Å². The van der Waals surface area contributed by atoms with Crippen LogP contribution >= 0.6 is 22.7 Å². The van der Waals surface area contributed by atoms with E-state index in [1.54, 1.807) is 35.9 Å². The summed E-state index contributed by atoms with van der Waals surface area (Å²) >= 11 is 3.17. The van der Waals surface area contributed by atoms with E-state index in [1.165, 1.54) is 0 Å². The Morgan fingerprint density at radius 2 is 2.08 bits per heavy atom. The molecule has 0 saturated heterocycles. The minimum absolute atomic E-state index is 0.640. The van der Waals surface area contributed by atoms with Crippen molar-refractivity contribution in [3.63, 3.8) is 0 Å². The topological polar surface area (TPSA) is 63.4 Å². The Bertz CT molecular complexity index is 1080. The molecule has 0 aliphatic carbocycles. The van der Waals surface area contributed by atoms with Crippen LogP contribution in [0.5, 0.6) is 0 Å². The summed E-state index contributed by atoms with van der Waals surface area (Å²) in [6.07, 6.45) is 5.44. The van der Waals surface area contributed by atoms with Crippen molar-refractivity contribution >= 4 is 45.4 Å². The number of thiophene rings is 1. The molecular weight excluding hydrogens is 350 g/mol. The van der Waals surface area contributed by atoms with E-state index in [2.05, 4.69) is 32.7 Å². The van der Waals surface area contributed by atoms with Crippen molar-refractivity contribution in [1.82, 2.24) is 15.0 Å². The van der Waals surface area contributed by atoms with Crippen LogP contribution in [0.15, 0.2) is 58.9 Å². The minimum atomic E-state index is 0.640. The highest BCUT2D eigenvalue weighted by Gasteiger charge is 2.11. The van der Waals surface area contributed by atoms with Crippen LogP contribution in [0, 0.1) is 0 Å². The van der Waals surface area contributed by atoms with Gasteiger partial charge in [0, 0.05) is 36.6 Å². The fourth-order valence-electron chi connectivity index (χ4n) is 2.44. The van der Waals surface area contributed by atoms with Gasteiger partial charge in [0.15, 0.2) is 5.84 Å². The number of rotatable bonds is 3. The molecule has 122 valence electrons. The van der Waals surface area contributed by atoms with Crippen LogP contribution in [0.3, 0.4) is 0 Å². The molecule has 4 rings (SSSR count). The van der Waals surface area contributed by atoms with E-state index in [0.29, 0.717) is 5.84 Å². The van der Waals surface area contributed by atoms with E-state index >= 15 is 0 Å². The maximum Gasteiger partial charge on any atom is 0.164 e. The third kappa shape index (κ3) is 2.99. The van der Waals surface area contributed by atoms with Gasteiger partial charge in [-0.15, -0.1) is 22.7 Å². The zero-order valence-electron chi connectivity index (χ0n) is 13.4. The second-order valence-corrected chi connectivity index (χ2v) is 7.24. The summed E-state index contributed by atoms with van der Waals surface area (Å²) in [4.78, 5) is 24.5. The summed E-state index contributed by atoms with van der Waals surface area (Å²) in [5.74, 6) is 0.640. The average Bonchev–Trinajstić information content (AvgIpc) is 3.30. The normalized spacial score (nSPS) is 11.8.